The standard InChI is InChI=1S/C9H16N2O2S/c1-3-12-8-5-10-9(13-4-2)7(6-14)11-8/h7,14H,3-6H2,1-2H3/t7-/m1/s1. The molecule has 80 valence electrons. The van der Waals surface area contributed by atoms with Gasteiger partial charge >= 0.3 is 0 Å². The molecule has 4 nitrogen and oxygen atoms in total. The first-order valence-corrected chi connectivity index (χ1v) is 5.42. The number of hydrogen-bond acceptors (Lipinski definition) is 5. The van der Waals surface area contributed by atoms with Gasteiger partial charge in [-0.1, -0.05) is 0 Å². The Morgan fingerprint density at radius 3 is 2.64 bits per heavy atom. The highest BCUT2D eigenvalue weighted by Crippen LogP contribution is 2.07. The molecule has 0 aromatic carbocycles. The van der Waals surface area contributed by atoms with Crippen LogP contribution in [0.5, 0.6) is 0 Å². The fraction of sp³-hybridized carbons (Fsp3) is 0.778. The van der Waals surface area contributed by atoms with Crippen LogP contribution in [-0.2, 0) is 9.47 Å². The second kappa shape index (κ2) is 5.90. The van der Waals surface area contributed by atoms with E-state index in [1.54, 1.807) is 0 Å². The van der Waals surface area contributed by atoms with E-state index in [0.29, 0.717) is 37.3 Å². The van der Waals surface area contributed by atoms with Crippen molar-refractivity contribution in [1.29, 1.82) is 0 Å². The molecule has 0 aromatic heterocycles. The second-order valence-electron chi connectivity index (χ2n) is 2.74. The minimum atomic E-state index is -0.0893. The lowest BCUT2D eigenvalue weighted by atomic mass is 10.3. The summed E-state index contributed by atoms with van der Waals surface area (Å²) >= 11 is 4.20. The predicted molar refractivity (Wildman–Crippen MR) is 60.6 cm³/mol. The maximum atomic E-state index is 5.35. The summed E-state index contributed by atoms with van der Waals surface area (Å²) in [7, 11) is 0. The lowest BCUT2D eigenvalue weighted by Gasteiger charge is -2.19. The normalized spacial score (nSPS) is 21.2. The molecule has 0 N–H and O–H groups in total. The van der Waals surface area contributed by atoms with Crippen molar-refractivity contribution in [3.8, 4) is 0 Å². The smallest absolute Gasteiger partial charge is 0.210 e. The van der Waals surface area contributed by atoms with Gasteiger partial charge in [0, 0.05) is 5.75 Å². The number of ether oxygens (including phenoxy) is 2. The number of thiol groups is 1. The summed E-state index contributed by atoms with van der Waals surface area (Å²) in [6.07, 6.45) is 0. The van der Waals surface area contributed by atoms with E-state index < -0.39 is 0 Å². The molecule has 0 aromatic rings. The van der Waals surface area contributed by atoms with E-state index in [2.05, 4.69) is 22.6 Å². The Balaban J connectivity index is 2.59. The first kappa shape index (κ1) is 11.4. The van der Waals surface area contributed by atoms with Crippen molar-refractivity contribution in [3.05, 3.63) is 0 Å². The molecule has 14 heavy (non-hydrogen) atoms. The maximum absolute atomic E-state index is 5.35. The van der Waals surface area contributed by atoms with Gasteiger partial charge in [0.25, 0.3) is 0 Å². The first-order valence-electron chi connectivity index (χ1n) is 4.79. The minimum Gasteiger partial charge on any atom is -0.480 e. The van der Waals surface area contributed by atoms with Crippen LogP contribution >= 0.6 is 12.6 Å². The Labute approximate surface area is 89.8 Å². The molecule has 0 fully saturated rings. The summed E-state index contributed by atoms with van der Waals surface area (Å²) in [5, 5.41) is 0. The van der Waals surface area contributed by atoms with Crippen molar-refractivity contribution < 1.29 is 9.47 Å². The average molecular weight is 216 g/mol. The van der Waals surface area contributed by atoms with Crippen molar-refractivity contribution in [3.63, 3.8) is 0 Å². The molecule has 1 aliphatic rings. The molecular weight excluding hydrogens is 200 g/mol. The van der Waals surface area contributed by atoms with Crippen LogP contribution in [-0.4, -0.2) is 43.3 Å². The van der Waals surface area contributed by atoms with Crippen LogP contribution in [0.1, 0.15) is 13.8 Å². The Bertz CT molecular complexity index is 241. The zero-order valence-electron chi connectivity index (χ0n) is 8.56. The fourth-order valence-corrected chi connectivity index (χ4v) is 1.42. The molecule has 1 heterocycles. The number of rotatable bonds is 3. The number of hydrogen-bond donors (Lipinski definition) is 1. The Morgan fingerprint density at radius 2 is 2.07 bits per heavy atom. The Kier molecular flexibility index (Phi) is 4.79. The fourth-order valence-electron chi connectivity index (χ4n) is 1.18. The molecule has 0 saturated carbocycles. The topological polar surface area (TPSA) is 43.2 Å². The molecule has 0 bridgehead atoms. The number of nitrogens with zero attached hydrogens (tertiary/aromatic N) is 2. The van der Waals surface area contributed by atoms with Gasteiger partial charge in [0.2, 0.25) is 11.8 Å². The zero-order chi connectivity index (χ0) is 10.4. The predicted octanol–water partition coefficient (Wildman–Crippen LogP) is 1.17. The quantitative estimate of drug-likeness (QED) is 0.720. The Morgan fingerprint density at radius 1 is 1.36 bits per heavy atom. The lowest BCUT2D eigenvalue weighted by Crippen LogP contribution is -2.31. The van der Waals surface area contributed by atoms with Crippen LogP contribution in [0, 0.1) is 0 Å². The van der Waals surface area contributed by atoms with Crippen molar-refractivity contribution in [2.45, 2.75) is 19.9 Å². The summed E-state index contributed by atoms with van der Waals surface area (Å²) < 4.78 is 10.6. The zero-order valence-corrected chi connectivity index (χ0v) is 9.46. The van der Waals surface area contributed by atoms with E-state index in [-0.39, 0.29) is 6.04 Å². The third-order valence-corrected chi connectivity index (χ3v) is 2.08. The van der Waals surface area contributed by atoms with Crippen LogP contribution in [0.2, 0.25) is 0 Å². The molecule has 1 rings (SSSR count). The summed E-state index contributed by atoms with van der Waals surface area (Å²) in [5.74, 6) is 1.94. The van der Waals surface area contributed by atoms with Crippen LogP contribution in [0.3, 0.4) is 0 Å². The third kappa shape index (κ3) is 2.90. The monoisotopic (exact) mass is 216 g/mol. The van der Waals surface area contributed by atoms with E-state index >= 15 is 0 Å². The van der Waals surface area contributed by atoms with Gasteiger partial charge in [0.15, 0.2) is 0 Å². The first-order chi connectivity index (χ1) is 6.81. The van der Waals surface area contributed by atoms with Crippen LogP contribution in [0.15, 0.2) is 9.98 Å². The highest BCUT2D eigenvalue weighted by molar-refractivity contribution is 7.80. The summed E-state index contributed by atoms with van der Waals surface area (Å²) in [5.41, 5.74) is 0. The maximum Gasteiger partial charge on any atom is 0.210 e. The lowest BCUT2D eigenvalue weighted by molar-refractivity contribution is 0.296. The molecule has 5 heteroatoms. The molecular formula is C9H16N2O2S. The van der Waals surface area contributed by atoms with Crippen LogP contribution < -0.4 is 0 Å². The van der Waals surface area contributed by atoms with Gasteiger partial charge in [-0.15, -0.1) is 0 Å². The van der Waals surface area contributed by atoms with E-state index in [9.17, 15) is 0 Å². The van der Waals surface area contributed by atoms with Crippen molar-refractivity contribution in [2.24, 2.45) is 9.98 Å². The molecule has 0 amide bonds. The van der Waals surface area contributed by atoms with Crippen molar-refractivity contribution in [1.82, 2.24) is 0 Å². The van der Waals surface area contributed by atoms with Gasteiger partial charge in [0.1, 0.15) is 12.6 Å². The number of aliphatic imine (C=N–C) groups is 2. The molecule has 1 atom stereocenters. The van der Waals surface area contributed by atoms with Gasteiger partial charge in [-0.2, -0.15) is 12.6 Å². The highest BCUT2D eigenvalue weighted by Gasteiger charge is 2.20. The van der Waals surface area contributed by atoms with Crippen LogP contribution in [0.25, 0.3) is 0 Å². The summed E-state index contributed by atoms with van der Waals surface area (Å²) in [6, 6.07) is -0.0893. The van der Waals surface area contributed by atoms with Gasteiger partial charge in [-0.3, -0.25) is 0 Å². The average Bonchev–Trinajstić information content (AvgIpc) is 2.21. The Hall–Kier alpha value is -0.710. The summed E-state index contributed by atoms with van der Waals surface area (Å²) in [4.78, 5) is 8.61. The van der Waals surface area contributed by atoms with Crippen molar-refractivity contribution >= 4 is 24.4 Å². The van der Waals surface area contributed by atoms with E-state index in [1.807, 2.05) is 13.8 Å². The largest absolute Gasteiger partial charge is 0.480 e. The van der Waals surface area contributed by atoms with Crippen molar-refractivity contribution in [2.75, 3.05) is 25.5 Å². The molecule has 0 unspecified atom stereocenters. The molecule has 0 radical (unpaired) electrons. The van der Waals surface area contributed by atoms with E-state index in [4.69, 9.17) is 9.47 Å². The minimum absolute atomic E-state index is 0.0893. The third-order valence-electron chi connectivity index (χ3n) is 1.73. The molecule has 0 saturated heterocycles. The van der Waals surface area contributed by atoms with Gasteiger partial charge in [0.05, 0.1) is 13.2 Å². The van der Waals surface area contributed by atoms with E-state index in [0.717, 1.165) is 0 Å². The molecule has 0 aliphatic carbocycles. The molecule has 0 spiro atoms. The summed E-state index contributed by atoms with van der Waals surface area (Å²) in [6.45, 7) is 5.58. The molecule has 1 aliphatic heterocycles. The SMILES string of the molecule is CCOC1=N[C@H](CS)C(OCC)=NC1. The van der Waals surface area contributed by atoms with Gasteiger partial charge < -0.3 is 9.47 Å². The highest BCUT2D eigenvalue weighted by atomic mass is 32.1. The van der Waals surface area contributed by atoms with Gasteiger partial charge in [-0.05, 0) is 13.8 Å². The second-order valence-corrected chi connectivity index (χ2v) is 3.11. The van der Waals surface area contributed by atoms with E-state index in [1.165, 1.54) is 0 Å². The van der Waals surface area contributed by atoms with Crippen LogP contribution in [0.4, 0.5) is 0 Å². The van der Waals surface area contributed by atoms with Gasteiger partial charge in [-0.25, -0.2) is 9.98 Å².